The zero-order valence-corrected chi connectivity index (χ0v) is 12.3. The molecule has 0 aliphatic heterocycles. The first-order valence-corrected chi connectivity index (χ1v) is 6.47. The fourth-order valence-electron chi connectivity index (χ4n) is 1.56. The number of ether oxygens (including phenoxy) is 3. The first kappa shape index (κ1) is 16.5. The van der Waals surface area contributed by atoms with Crippen molar-refractivity contribution < 1.29 is 23.8 Å². The van der Waals surface area contributed by atoms with Gasteiger partial charge >= 0.3 is 11.9 Å². The Morgan fingerprint density at radius 1 is 1.29 bits per heavy atom. The van der Waals surface area contributed by atoms with Crippen molar-refractivity contribution in [2.24, 2.45) is 0 Å². The van der Waals surface area contributed by atoms with Gasteiger partial charge in [0.15, 0.2) is 6.10 Å². The molecule has 112 valence electrons. The van der Waals surface area contributed by atoms with Gasteiger partial charge in [0.05, 0.1) is 19.8 Å². The molecule has 0 saturated carbocycles. The van der Waals surface area contributed by atoms with Crippen LogP contribution in [0, 0.1) is 0 Å². The molecule has 1 aromatic rings. The van der Waals surface area contributed by atoms with Crippen molar-refractivity contribution in [2.45, 2.75) is 20.0 Å². The summed E-state index contributed by atoms with van der Waals surface area (Å²) in [7, 11) is 1.57. The van der Waals surface area contributed by atoms with E-state index in [-0.39, 0.29) is 0 Å². The van der Waals surface area contributed by atoms with Crippen molar-refractivity contribution in [1.82, 2.24) is 0 Å². The fraction of sp³-hybridized carbons (Fsp3) is 0.312. The van der Waals surface area contributed by atoms with Crippen molar-refractivity contribution in [1.29, 1.82) is 0 Å². The van der Waals surface area contributed by atoms with Crippen LogP contribution in [0.5, 0.6) is 5.75 Å². The first-order valence-electron chi connectivity index (χ1n) is 6.47. The van der Waals surface area contributed by atoms with Crippen LogP contribution < -0.4 is 4.74 Å². The second-order valence-electron chi connectivity index (χ2n) is 4.03. The number of esters is 2. The molecule has 0 amide bonds. The molecule has 0 fully saturated rings. The summed E-state index contributed by atoms with van der Waals surface area (Å²) < 4.78 is 15.0. The number of benzene rings is 1. The average Bonchev–Trinajstić information content (AvgIpc) is 2.46. The predicted molar refractivity (Wildman–Crippen MR) is 76.8 cm³/mol. The molecule has 0 heterocycles. The minimum atomic E-state index is -0.626. The smallest absolute Gasteiger partial charge is 0.338 e. The molecule has 0 aromatic heterocycles. The molecule has 0 aliphatic carbocycles. The predicted octanol–water partition coefficient (Wildman–Crippen LogP) is 2.57. The molecule has 5 heteroatoms. The lowest BCUT2D eigenvalue weighted by molar-refractivity contribution is -0.144. The van der Waals surface area contributed by atoms with E-state index >= 15 is 0 Å². The topological polar surface area (TPSA) is 61.8 Å². The molecule has 1 rings (SSSR count). The van der Waals surface area contributed by atoms with Crippen LogP contribution in [0.3, 0.4) is 0 Å². The van der Waals surface area contributed by atoms with E-state index in [1.165, 1.54) is 13.0 Å². The molecule has 1 unspecified atom stereocenters. The molecule has 0 N–H and O–H groups in total. The molecule has 1 atom stereocenters. The Kier molecular flexibility index (Phi) is 6.78. The van der Waals surface area contributed by atoms with E-state index in [0.717, 1.165) is 11.6 Å². The van der Waals surface area contributed by atoms with Gasteiger partial charge in [0, 0.05) is 13.0 Å². The van der Waals surface area contributed by atoms with E-state index in [4.69, 9.17) is 14.2 Å². The Morgan fingerprint density at radius 3 is 2.48 bits per heavy atom. The highest BCUT2D eigenvalue weighted by Crippen LogP contribution is 2.21. The monoisotopic (exact) mass is 290 g/mol. The van der Waals surface area contributed by atoms with Crippen LogP contribution in [0.1, 0.15) is 25.5 Å². The quantitative estimate of drug-likeness (QED) is 0.458. The average molecular weight is 290 g/mol. The summed E-state index contributed by atoms with van der Waals surface area (Å²) in [5.74, 6) is -0.221. The van der Waals surface area contributed by atoms with E-state index in [1.807, 2.05) is 0 Å². The van der Waals surface area contributed by atoms with Crippen LogP contribution in [0.4, 0.5) is 0 Å². The lowest BCUT2D eigenvalue weighted by atomic mass is 10.1. The number of carbonyl (C=O) groups excluding carboxylic acids is 2. The number of rotatable bonds is 6. The Bertz CT molecular complexity index is 538. The second-order valence-corrected chi connectivity index (χ2v) is 4.03. The summed E-state index contributed by atoms with van der Waals surface area (Å²) in [5.41, 5.74) is 3.42. The highest BCUT2D eigenvalue weighted by atomic mass is 16.5. The van der Waals surface area contributed by atoms with Crippen LogP contribution in [0.2, 0.25) is 0 Å². The summed E-state index contributed by atoms with van der Waals surface area (Å²) in [5, 5.41) is 0. The van der Waals surface area contributed by atoms with Gasteiger partial charge in [-0.2, -0.15) is 0 Å². The minimum Gasteiger partial charge on any atom is -0.497 e. The molecule has 0 spiro atoms. The third-order valence-electron chi connectivity index (χ3n) is 2.47. The lowest BCUT2D eigenvalue weighted by Gasteiger charge is -2.13. The summed E-state index contributed by atoms with van der Waals surface area (Å²) >= 11 is 0. The number of methoxy groups -OCH3 is 1. The van der Waals surface area contributed by atoms with Crippen LogP contribution in [-0.2, 0) is 19.1 Å². The molecule has 0 bridgehead atoms. The summed E-state index contributed by atoms with van der Waals surface area (Å²) in [6.07, 6.45) is 2.02. The van der Waals surface area contributed by atoms with Gasteiger partial charge in [-0.25, -0.2) is 4.79 Å². The number of carbonyl (C=O) groups is 2. The van der Waals surface area contributed by atoms with E-state index in [1.54, 1.807) is 38.3 Å². The Balaban J connectivity index is 2.91. The maximum atomic E-state index is 11.2. The van der Waals surface area contributed by atoms with E-state index < -0.39 is 18.0 Å². The number of hydrogen-bond donors (Lipinski definition) is 0. The standard InChI is InChI=1S/C16H18O5/c1-4-20-16(18)7-5-6-15(21-12(2)17)13-8-10-14(19-3)11-9-13/h6-11,15H,4H2,1-3H3. The van der Waals surface area contributed by atoms with Crippen LogP contribution in [0.15, 0.2) is 42.1 Å². The van der Waals surface area contributed by atoms with Crippen molar-refractivity contribution in [3.63, 3.8) is 0 Å². The molecular formula is C16H18O5. The molecule has 1 aromatic carbocycles. The van der Waals surface area contributed by atoms with E-state index in [0.29, 0.717) is 12.4 Å². The summed E-state index contributed by atoms with van der Waals surface area (Å²) in [6, 6.07) is 7.06. The largest absolute Gasteiger partial charge is 0.497 e. The summed E-state index contributed by atoms with van der Waals surface area (Å²) in [6.45, 7) is 3.33. The fourth-order valence-corrected chi connectivity index (χ4v) is 1.56. The van der Waals surface area contributed by atoms with Gasteiger partial charge in [0.25, 0.3) is 0 Å². The second kappa shape index (κ2) is 8.61. The van der Waals surface area contributed by atoms with Crippen LogP contribution >= 0.6 is 0 Å². The molecule has 0 aliphatic rings. The van der Waals surface area contributed by atoms with E-state index in [2.05, 4.69) is 5.73 Å². The minimum absolute atomic E-state index is 0.295. The van der Waals surface area contributed by atoms with Crippen molar-refractivity contribution in [3.05, 3.63) is 47.7 Å². The molecule has 21 heavy (non-hydrogen) atoms. The third-order valence-corrected chi connectivity index (χ3v) is 2.47. The molecular weight excluding hydrogens is 272 g/mol. The van der Waals surface area contributed by atoms with Gasteiger partial charge in [-0.05, 0) is 24.6 Å². The van der Waals surface area contributed by atoms with Gasteiger partial charge < -0.3 is 14.2 Å². The summed E-state index contributed by atoms with van der Waals surface area (Å²) in [4.78, 5) is 22.3. The third kappa shape index (κ3) is 5.97. The Hall–Kier alpha value is -2.52. The maximum absolute atomic E-state index is 11.2. The van der Waals surface area contributed by atoms with Gasteiger partial charge in [-0.1, -0.05) is 12.1 Å². The van der Waals surface area contributed by atoms with Crippen LogP contribution in [-0.4, -0.2) is 25.7 Å². The van der Waals surface area contributed by atoms with Crippen molar-refractivity contribution in [3.8, 4) is 5.75 Å². The normalized spacial score (nSPS) is 10.8. The van der Waals surface area contributed by atoms with Crippen LogP contribution in [0.25, 0.3) is 0 Å². The SMILES string of the molecule is CCOC(=O)C=C=CC(OC(C)=O)c1ccc(OC)cc1. The molecule has 0 saturated heterocycles. The highest BCUT2D eigenvalue weighted by molar-refractivity contribution is 5.81. The zero-order chi connectivity index (χ0) is 15.7. The lowest BCUT2D eigenvalue weighted by Crippen LogP contribution is -2.06. The Labute approximate surface area is 123 Å². The van der Waals surface area contributed by atoms with Crippen molar-refractivity contribution >= 4 is 11.9 Å². The molecule has 5 nitrogen and oxygen atoms in total. The van der Waals surface area contributed by atoms with Gasteiger partial charge in [0.2, 0.25) is 0 Å². The van der Waals surface area contributed by atoms with Gasteiger partial charge in [0.1, 0.15) is 5.75 Å². The molecule has 0 radical (unpaired) electrons. The van der Waals surface area contributed by atoms with Gasteiger partial charge in [-0.3, -0.25) is 4.79 Å². The maximum Gasteiger partial charge on any atom is 0.338 e. The van der Waals surface area contributed by atoms with E-state index in [9.17, 15) is 9.59 Å². The number of hydrogen-bond acceptors (Lipinski definition) is 5. The zero-order valence-electron chi connectivity index (χ0n) is 12.3. The van der Waals surface area contributed by atoms with Crippen molar-refractivity contribution in [2.75, 3.05) is 13.7 Å². The Morgan fingerprint density at radius 2 is 1.95 bits per heavy atom. The van der Waals surface area contributed by atoms with Gasteiger partial charge in [-0.15, -0.1) is 5.73 Å². The first-order chi connectivity index (χ1) is 10.1. The highest BCUT2D eigenvalue weighted by Gasteiger charge is 2.11.